The molecule has 0 spiro atoms. The number of hydrogen-bond donors (Lipinski definition) is 6. The number of carbonyl (C=O) groups is 1. The number of unbranched alkanes of at least 4 members (excludes halogenated alkanes) is 4. The Hall–Kier alpha value is -3.43. The van der Waals surface area contributed by atoms with Gasteiger partial charge in [0, 0.05) is 36.7 Å². The highest BCUT2D eigenvalue weighted by Crippen LogP contribution is 2.22. The van der Waals surface area contributed by atoms with Crippen LogP contribution in [-0.4, -0.2) is 47.7 Å². The lowest BCUT2D eigenvalue weighted by Gasteiger charge is -2.14. The predicted octanol–water partition coefficient (Wildman–Crippen LogP) is 5.75. The van der Waals surface area contributed by atoms with E-state index in [1.54, 1.807) is 12.1 Å². The molecule has 0 aromatic heterocycles. The lowest BCUT2D eigenvalue weighted by molar-refractivity contribution is 0.126. The number of anilines is 2. The van der Waals surface area contributed by atoms with Crippen LogP contribution in [0.1, 0.15) is 61.3 Å². The van der Waals surface area contributed by atoms with Gasteiger partial charge in [0.1, 0.15) is 5.75 Å². The standard InChI is InChI=1S/C32H43N3O5/c36-24-27-22-26(16-17-30(27)37)31(38)23-33-18-7-1-2-8-19-40-20-9-6-11-25-12-10-15-29(21-25)35-32(39)34-28-13-4-3-5-14-28/h3-5,10,12-17,21-22,31,33,36-38H,1-2,6-9,11,18-20,23-24H2,(H2,34,35,39)/t31-/m1/s1. The lowest BCUT2D eigenvalue weighted by Crippen LogP contribution is -2.22. The first-order chi connectivity index (χ1) is 19.5. The average Bonchev–Trinajstić information content (AvgIpc) is 2.96. The van der Waals surface area contributed by atoms with Crippen molar-refractivity contribution in [2.75, 3.05) is 36.9 Å². The van der Waals surface area contributed by atoms with Gasteiger partial charge in [0.15, 0.2) is 0 Å². The van der Waals surface area contributed by atoms with Gasteiger partial charge in [0.25, 0.3) is 0 Å². The molecule has 3 rings (SSSR count). The van der Waals surface area contributed by atoms with Gasteiger partial charge in [0.05, 0.1) is 12.7 Å². The van der Waals surface area contributed by atoms with Crippen LogP contribution in [0.5, 0.6) is 5.75 Å². The lowest BCUT2D eigenvalue weighted by atomic mass is 10.1. The molecule has 0 saturated carbocycles. The third-order valence-electron chi connectivity index (χ3n) is 6.61. The number of ether oxygens (including phenoxy) is 1. The van der Waals surface area contributed by atoms with Crippen molar-refractivity contribution >= 4 is 17.4 Å². The molecule has 6 N–H and O–H groups in total. The molecule has 216 valence electrons. The third kappa shape index (κ3) is 11.8. The van der Waals surface area contributed by atoms with E-state index < -0.39 is 6.10 Å². The zero-order valence-corrected chi connectivity index (χ0v) is 23.1. The minimum Gasteiger partial charge on any atom is -0.508 e. The van der Waals surface area contributed by atoms with E-state index in [1.165, 1.54) is 11.6 Å². The number of aryl methyl sites for hydroxylation is 1. The molecule has 0 aliphatic rings. The van der Waals surface area contributed by atoms with E-state index in [1.807, 2.05) is 48.5 Å². The Morgan fingerprint density at radius 1 is 0.800 bits per heavy atom. The van der Waals surface area contributed by atoms with Crippen molar-refractivity contribution in [3.63, 3.8) is 0 Å². The maximum absolute atomic E-state index is 12.2. The van der Waals surface area contributed by atoms with E-state index in [2.05, 4.69) is 22.0 Å². The number of benzene rings is 3. The summed E-state index contributed by atoms with van der Waals surface area (Å²) in [6.45, 7) is 2.54. The fourth-order valence-corrected chi connectivity index (χ4v) is 4.36. The van der Waals surface area contributed by atoms with Crippen LogP contribution in [0.4, 0.5) is 16.2 Å². The molecule has 0 heterocycles. The fraction of sp³-hybridized carbons (Fsp3) is 0.406. The maximum Gasteiger partial charge on any atom is 0.323 e. The summed E-state index contributed by atoms with van der Waals surface area (Å²) in [5.41, 5.74) is 3.83. The maximum atomic E-state index is 12.2. The zero-order chi connectivity index (χ0) is 28.4. The van der Waals surface area contributed by atoms with Crippen LogP contribution < -0.4 is 16.0 Å². The number of para-hydroxylation sites is 1. The molecule has 0 aliphatic heterocycles. The Morgan fingerprint density at radius 2 is 1.52 bits per heavy atom. The summed E-state index contributed by atoms with van der Waals surface area (Å²) >= 11 is 0. The second kappa shape index (κ2) is 18.0. The number of rotatable bonds is 18. The Bertz CT molecular complexity index is 1140. The largest absolute Gasteiger partial charge is 0.508 e. The fourth-order valence-electron chi connectivity index (χ4n) is 4.36. The molecular weight excluding hydrogens is 506 g/mol. The van der Waals surface area contributed by atoms with Crippen molar-refractivity contribution in [3.8, 4) is 5.75 Å². The summed E-state index contributed by atoms with van der Waals surface area (Å²) in [6, 6.07) is 21.9. The van der Waals surface area contributed by atoms with E-state index in [9.17, 15) is 20.1 Å². The van der Waals surface area contributed by atoms with Gasteiger partial charge in [-0.2, -0.15) is 0 Å². The molecule has 1 atom stereocenters. The number of aromatic hydroxyl groups is 1. The van der Waals surface area contributed by atoms with Crippen LogP contribution in [-0.2, 0) is 17.8 Å². The number of carbonyl (C=O) groups excluding carboxylic acids is 1. The number of amides is 2. The van der Waals surface area contributed by atoms with Crippen molar-refractivity contribution in [2.24, 2.45) is 0 Å². The van der Waals surface area contributed by atoms with Crippen LogP contribution in [0.2, 0.25) is 0 Å². The van der Waals surface area contributed by atoms with Crippen molar-refractivity contribution in [3.05, 3.63) is 89.5 Å². The Morgan fingerprint density at radius 3 is 2.33 bits per heavy atom. The highest BCUT2D eigenvalue weighted by molar-refractivity contribution is 5.99. The topological polar surface area (TPSA) is 123 Å². The molecule has 0 fully saturated rings. The van der Waals surface area contributed by atoms with Crippen molar-refractivity contribution in [1.82, 2.24) is 5.32 Å². The van der Waals surface area contributed by atoms with Crippen LogP contribution >= 0.6 is 0 Å². The van der Waals surface area contributed by atoms with Gasteiger partial charge >= 0.3 is 6.03 Å². The molecule has 40 heavy (non-hydrogen) atoms. The summed E-state index contributed by atoms with van der Waals surface area (Å²) in [5, 5.41) is 38.1. The molecule has 0 unspecified atom stereocenters. The van der Waals surface area contributed by atoms with Gasteiger partial charge in [0.2, 0.25) is 0 Å². The van der Waals surface area contributed by atoms with Gasteiger partial charge in [-0.1, -0.05) is 49.2 Å². The van der Waals surface area contributed by atoms with E-state index in [4.69, 9.17) is 4.74 Å². The smallest absolute Gasteiger partial charge is 0.323 e. The molecule has 0 aliphatic carbocycles. The van der Waals surface area contributed by atoms with Gasteiger partial charge in [-0.15, -0.1) is 0 Å². The average molecular weight is 550 g/mol. The summed E-state index contributed by atoms with van der Waals surface area (Å²) in [4.78, 5) is 12.2. The highest BCUT2D eigenvalue weighted by Gasteiger charge is 2.10. The second-order valence-electron chi connectivity index (χ2n) is 9.90. The van der Waals surface area contributed by atoms with Crippen molar-refractivity contribution in [2.45, 2.75) is 57.7 Å². The number of aliphatic hydroxyl groups excluding tert-OH is 2. The summed E-state index contributed by atoms with van der Waals surface area (Å²) in [7, 11) is 0. The van der Waals surface area contributed by atoms with Gasteiger partial charge in [-0.25, -0.2) is 4.79 Å². The summed E-state index contributed by atoms with van der Waals surface area (Å²) < 4.78 is 5.79. The number of aliphatic hydroxyl groups is 2. The number of phenols is 1. The summed E-state index contributed by atoms with van der Waals surface area (Å²) in [6.07, 6.45) is 6.59. The Labute approximate surface area is 237 Å². The first-order valence-corrected chi connectivity index (χ1v) is 14.2. The van der Waals surface area contributed by atoms with E-state index in [0.717, 1.165) is 76.1 Å². The van der Waals surface area contributed by atoms with Crippen LogP contribution in [0.3, 0.4) is 0 Å². The van der Waals surface area contributed by atoms with Crippen LogP contribution in [0, 0.1) is 0 Å². The quantitative estimate of drug-likeness (QED) is 0.112. The normalized spacial score (nSPS) is 11.8. The monoisotopic (exact) mass is 549 g/mol. The third-order valence-corrected chi connectivity index (χ3v) is 6.61. The summed E-state index contributed by atoms with van der Waals surface area (Å²) in [5.74, 6) is 0.0393. The molecule has 8 heteroatoms. The molecule has 2 amide bonds. The molecule has 0 saturated heterocycles. The molecule has 3 aromatic rings. The van der Waals surface area contributed by atoms with Crippen LogP contribution in [0.25, 0.3) is 0 Å². The minimum atomic E-state index is -0.675. The Kier molecular flexibility index (Phi) is 14.0. The number of urea groups is 1. The van der Waals surface area contributed by atoms with Gasteiger partial charge in [-0.3, -0.25) is 0 Å². The predicted molar refractivity (Wildman–Crippen MR) is 160 cm³/mol. The van der Waals surface area contributed by atoms with Crippen molar-refractivity contribution in [1.29, 1.82) is 0 Å². The van der Waals surface area contributed by atoms with E-state index in [-0.39, 0.29) is 18.4 Å². The van der Waals surface area contributed by atoms with Crippen molar-refractivity contribution < 1.29 is 24.9 Å². The molecule has 3 aromatic carbocycles. The minimum absolute atomic E-state index is 0.0393. The number of nitrogens with one attached hydrogen (secondary N) is 3. The molecule has 8 nitrogen and oxygen atoms in total. The zero-order valence-electron chi connectivity index (χ0n) is 23.1. The highest BCUT2D eigenvalue weighted by atomic mass is 16.5. The van der Waals surface area contributed by atoms with Crippen LogP contribution in [0.15, 0.2) is 72.8 Å². The molecular formula is C32H43N3O5. The molecule has 0 radical (unpaired) electrons. The SMILES string of the molecule is O=C(Nc1ccccc1)Nc1cccc(CCCCOCCCCCCNC[C@@H](O)c2ccc(O)c(CO)c2)c1. The van der Waals surface area contributed by atoms with E-state index in [0.29, 0.717) is 17.7 Å². The van der Waals surface area contributed by atoms with E-state index >= 15 is 0 Å². The van der Waals surface area contributed by atoms with Gasteiger partial charge in [-0.05, 0) is 86.2 Å². The van der Waals surface area contributed by atoms with Gasteiger partial charge < -0.3 is 36.0 Å². The molecule has 0 bridgehead atoms. The first-order valence-electron chi connectivity index (χ1n) is 14.2. The Balaban J connectivity index is 1.15. The first kappa shape index (κ1) is 31.1. The second-order valence-corrected chi connectivity index (χ2v) is 9.90. The number of hydrogen-bond acceptors (Lipinski definition) is 6.